The molecule has 0 bridgehead atoms. The molecule has 5 heteroatoms. The van der Waals surface area contributed by atoms with Crippen molar-refractivity contribution in [2.45, 2.75) is 19.9 Å². The second kappa shape index (κ2) is 4.35. The Hall–Kier alpha value is -1.49. The van der Waals surface area contributed by atoms with Crippen LogP contribution in [0.5, 0.6) is 0 Å². The van der Waals surface area contributed by atoms with Crippen molar-refractivity contribution >= 4 is 5.97 Å². The number of rotatable bonds is 2. The van der Waals surface area contributed by atoms with Crippen LogP contribution >= 0.6 is 0 Å². The Morgan fingerprint density at radius 1 is 1.60 bits per heavy atom. The molecule has 0 radical (unpaired) electrons. The Morgan fingerprint density at radius 3 is 3.27 bits per heavy atom. The van der Waals surface area contributed by atoms with Gasteiger partial charge in [-0.05, 0) is 18.6 Å². The predicted molar refractivity (Wildman–Crippen MR) is 53.4 cm³/mol. The molecule has 1 aromatic heterocycles. The SMILES string of the molecule is CCOC(=O)c1cc2c(nn1)CCNC2. The van der Waals surface area contributed by atoms with Crippen LogP contribution in [-0.2, 0) is 17.7 Å². The summed E-state index contributed by atoms with van der Waals surface area (Å²) >= 11 is 0. The fourth-order valence-corrected chi connectivity index (χ4v) is 1.55. The minimum Gasteiger partial charge on any atom is -0.461 e. The summed E-state index contributed by atoms with van der Waals surface area (Å²) in [6.07, 6.45) is 0.867. The molecule has 15 heavy (non-hydrogen) atoms. The number of ether oxygens (including phenoxy) is 1. The Kier molecular flexibility index (Phi) is 2.91. The van der Waals surface area contributed by atoms with Gasteiger partial charge in [0.1, 0.15) is 0 Å². The summed E-state index contributed by atoms with van der Waals surface area (Å²) in [4.78, 5) is 11.4. The van der Waals surface area contributed by atoms with Crippen molar-refractivity contribution in [3.05, 3.63) is 23.0 Å². The van der Waals surface area contributed by atoms with Crippen LogP contribution in [0.15, 0.2) is 6.07 Å². The van der Waals surface area contributed by atoms with Crippen LogP contribution in [0.25, 0.3) is 0 Å². The first-order valence-corrected chi connectivity index (χ1v) is 5.04. The summed E-state index contributed by atoms with van der Waals surface area (Å²) in [6, 6.07) is 1.76. The van der Waals surface area contributed by atoms with E-state index in [9.17, 15) is 4.79 Å². The van der Waals surface area contributed by atoms with Crippen LogP contribution < -0.4 is 5.32 Å². The number of hydrogen-bond donors (Lipinski definition) is 1. The third kappa shape index (κ3) is 2.12. The van der Waals surface area contributed by atoms with Crippen molar-refractivity contribution < 1.29 is 9.53 Å². The minimum atomic E-state index is -0.404. The van der Waals surface area contributed by atoms with Crippen LogP contribution in [0.1, 0.15) is 28.7 Å². The van der Waals surface area contributed by atoms with E-state index in [1.54, 1.807) is 13.0 Å². The van der Waals surface area contributed by atoms with E-state index in [2.05, 4.69) is 15.5 Å². The van der Waals surface area contributed by atoms with Crippen LogP contribution in [-0.4, -0.2) is 29.3 Å². The van der Waals surface area contributed by atoms with Crippen LogP contribution in [0.2, 0.25) is 0 Å². The molecule has 0 aromatic carbocycles. The van der Waals surface area contributed by atoms with Gasteiger partial charge in [0.25, 0.3) is 0 Å². The Morgan fingerprint density at radius 2 is 2.47 bits per heavy atom. The summed E-state index contributed by atoms with van der Waals surface area (Å²) in [7, 11) is 0. The molecule has 0 atom stereocenters. The molecule has 0 amide bonds. The van der Waals surface area contributed by atoms with Crippen molar-refractivity contribution in [3.8, 4) is 0 Å². The van der Waals surface area contributed by atoms with Gasteiger partial charge in [-0.25, -0.2) is 4.79 Å². The molecule has 0 unspecified atom stereocenters. The highest BCUT2D eigenvalue weighted by atomic mass is 16.5. The molecule has 1 aromatic rings. The van der Waals surface area contributed by atoms with Crippen molar-refractivity contribution in [1.82, 2.24) is 15.5 Å². The van der Waals surface area contributed by atoms with Crippen molar-refractivity contribution in [1.29, 1.82) is 0 Å². The van der Waals surface area contributed by atoms with Gasteiger partial charge in [-0.3, -0.25) is 0 Å². The van der Waals surface area contributed by atoms with Crippen molar-refractivity contribution in [2.75, 3.05) is 13.2 Å². The smallest absolute Gasteiger partial charge is 0.358 e. The summed E-state index contributed by atoms with van der Waals surface area (Å²) in [5.41, 5.74) is 2.31. The molecule has 5 nitrogen and oxygen atoms in total. The van der Waals surface area contributed by atoms with Gasteiger partial charge in [0.05, 0.1) is 12.3 Å². The molecule has 2 heterocycles. The van der Waals surface area contributed by atoms with Crippen LogP contribution in [0.4, 0.5) is 0 Å². The molecule has 0 aliphatic carbocycles. The lowest BCUT2D eigenvalue weighted by atomic mass is 10.1. The third-order valence-electron chi connectivity index (χ3n) is 2.30. The predicted octanol–water partition coefficient (Wildman–Crippen LogP) is 0.299. The van der Waals surface area contributed by atoms with E-state index in [1.807, 2.05) is 0 Å². The second-order valence-electron chi connectivity index (χ2n) is 3.35. The number of fused-ring (bicyclic) bond motifs is 1. The van der Waals surface area contributed by atoms with E-state index in [1.165, 1.54) is 0 Å². The van der Waals surface area contributed by atoms with Crippen LogP contribution in [0.3, 0.4) is 0 Å². The Balaban J connectivity index is 2.24. The lowest BCUT2D eigenvalue weighted by Crippen LogP contribution is -2.25. The van der Waals surface area contributed by atoms with E-state index in [4.69, 9.17) is 4.74 Å². The zero-order chi connectivity index (χ0) is 10.7. The monoisotopic (exact) mass is 207 g/mol. The van der Waals surface area contributed by atoms with Gasteiger partial charge in [0.2, 0.25) is 0 Å². The summed E-state index contributed by atoms with van der Waals surface area (Å²) in [5, 5.41) is 11.1. The van der Waals surface area contributed by atoms with Gasteiger partial charge in [-0.15, -0.1) is 5.10 Å². The highest BCUT2D eigenvalue weighted by Gasteiger charge is 2.15. The Labute approximate surface area is 87.8 Å². The molecule has 1 aliphatic heterocycles. The third-order valence-corrected chi connectivity index (χ3v) is 2.30. The van der Waals surface area contributed by atoms with E-state index in [0.717, 1.165) is 30.8 Å². The lowest BCUT2D eigenvalue weighted by Gasteiger charge is -2.15. The Bertz CT molecular complexity index is 379. The molecule has 80 valence electrons. The number of hydrogen-bond acceptors (Lipinski definition) is 5. The highest BCUT2D eigenvalue weighted by molar-refractivity contribution is 5.87. The quantitative estimate of drug-likeness (QED) is 0.706. The maximum Gasteiger partial charge on any atom is 0.358 e. The summed E-state index contributed by atoms with van der Waals surface area (Å²) in [6.45, 7) is 3.79. The minimum absolute atomic E-state index is 0.291. The normalized spacial score (nSPS) is 14.5. The fourth-order valence-electron chi connectivity index (χ4n) is 1.55. The van der Waals surface area contributed by atoms with Gasteiger partial charge in [-0.2, -0.15) is 5.10 Å². The van der Waals surface area contributed by atoms with Gasteiger partial charge in [0, 0.05) is 19.5 Å². The van der Waals surface area contributed by atoms with Crippen LogP contribution in [0, 0.1) is 0 Å². The number of carbonyl (C=O) groups excluding carboxylic acids is 1. The summed E-state index contributed by atoms with van der Waals surface area (Å²) < 4.78 is 4.86. The van der Waals surface area contributed by atoms with Gasteiger partial charge in [-0.1, -0.05) is 0 Å². The first-order chi connectivity index (χ1) is 7.31. The molecule has 0 saturated heterocycles. The number of carbonyl (C=O) groups is 1. The molecule has 2 rings (SSSR count). The molecular formula is C10H13N3O2. The van der Waals surface area contributed by atoms with Crippen molar-refractivity contribution in [3.63, 3.8) is 0 Å². The van der Waals surface area contributed by atoms with E-state index < -0.39 is 5.97 Å². The molecule has 0 fully saturated rings. The topological polar surface area (TPSA) is 64.1 Å². The zero-order valence-corrected chi connectivity index (χ0v) is 8.62. The number of nitrogens with zero attached hydrogens (tertiary/aromatic N) is 2. The standard InChI is InChI=1S/C10H13N3O2/c1-2-15-10(14)9-5-7-6-11-4-3-8(7)12-13-9/h5,11H,2-4,6H2,1H3. The number of nitrogens with one attached hydrogen (secondary N) is 1. The largest absolute Gasteiger partial charge is 0.461 e. The average molecular weight is 207 g/mol. The molecule has 0 saturated carbocycles. The number of esters is 1. The zero-order valence-electron chi connectivity index (χ0n) is 8.62. The molecular weight excluding hydrogens is 194 g/mol. The average Bonchev–Trinajstić information content (AvgIpc) is 2.29. The highest BCUT2D eigenvalue weighted by Crippen LogP contribution is 2.11. The van der Waals surface area contributed by atoms with E-state index in [-0.39, 0.29) is 0 Å². The maximum atomic E-state index is 11.4. The van der Waals surface area contributed by atoms with Gasteiger partial charge < -0.3 is 10.1 Å². The van der Waals surface area contributed by atoms with E-state index >= 15 is 0 Å². The summed E-state index contributed by atoms with van der Waals surface area (Å²) in [5.74, 6) is -0.404. The van der Waals surface area contributed by atoms with Gasteiger partial charge in [0.15, 0.2) is 5.69 Å². The number of aromatic nitrogens is 2. The molecule has 0 spiro atoms. The fraction of sp³-hybridized carbons (Fsp3) is 0.500. The maximum absolute atomic E-state index is 11.4. The van der Waals surface area contributed by atoms with E-state index in [0.29, 0.717) is 12.3 Å². The first kappa shape index (κ1) is 10.0. The van der Waals surface area contributed by atoms with Gasteiger partial charge >= 0.3 is 5.97 Å². The first-order valence-electron chi connectivity index (χ1n) is 5.04. The lowest BCUT2D eigenvalue weighted by molar-refractivity contribution is 0.0518. The second-order valence-corrected chi connectivity index (χ2v) is 3.35. The molecule has 1 aliphatic rings. The van der Waals surface area contributed by atoms with Crippen molar-refractivity contribution in [2.24, 2.45) is 0 Å². The molecule has 1 N–H and O–H groups in total.